The highest BCUT2D eigenvalue weighted by Crippen LogP contribution is 2.14. The van der Waals surface area contributed by atoms with Gasteiger partial charge in [-0.05, 0) is 17.3 Å². The highest BCUT2D eigenvalue weighted by molar-refractivity contribution is 7.00. The first-order valence-corrected chi connectivity index (χ1v) is 9.70. The third kappa shape index (κ3) is 2.14. The van der Waals surface area contributed by atoms with Gasteiger partial charge in [0.05, 0.1) is 5.52 Å². The second kappa shape index (κ2) is 4.83. The van der Waals surface area contributed by atoms with Gasteiger partial charge in [0.1, 0.15) is 8.07 Å². The lowest BCUT2D eigenvalue weighted by Gasteiger charge is -2.24. The Morgan fingerprint density at radius 3 is 2.30 bits per heavy atom. The zero-order chi connectivity index (χ0) is 14.2. The van der Waals surface area contributed by atoms with E-state index in [1.165, 1.54) is 5.19 Å². The van der Waals surface area contributed by atoms with E-state index in [1.54, 1.807) is 0 Å². The predicted octanol–water partition coefficient (Wildman–Crippen LogP) is 3.20. The molecule has 2 aromatic carbocycles. The molecule has 0 fully saturated rings. The molecule has 0 unspecified atom stereocenters. The van der Waals surface area contributed by atoms with E-state index in [0.29, 0.717) is 5.52 Å². The minimum atomic E-state index is -2.05. The molecule has 3 rings (SSSR count). The van der Waals surface area contributed by atoms with E-state index >= 15 is 0 Å². The molecular weight excluding hydrogens is 265 g/mol. The Kier molecular flexibility index (Phi) is 3.14. The molecule has 1 nitrogen and oxygen atoms in total. The van der Waals surface area contributed by atoms with Crippen molar-refractivity contribution < 1.29 is 4.39 Å². The molecule has 3 aromatic rings. The number of pyridine rings is 1. The number of nitrogens with zero attached hydrogens (tertiary/aromatic N) is 1. The Balaban J connectivity index is 2.21. The molecule has 3 heteroatoms. The first kappa shape index (κ1) is 13.0. The van der Waals surface area contributed by atoms with Crippen LogP contribution in [0.15, 0.2) is 60.7 Å². The van der Waals surface area contributed by atoms with Gasteiger partial charge in [-0.1, -0.05) is 66.8 Å². The monoisotopic (exact) mass is 281 g/mol. The minimum Gasteiger partial charge on any atom is -0.220 e. The fourth-order valence-electron chi connectivity index (χ4n) is 2.54. The zero-order valence-electron chi connectivity index (χ0n) is 11.6. The van der Waals surface area contributed by atoms with Crippen LogP contribution in [0, 0.1) is 5.95 Å². The van der Waals surface area contributed by atoms with Crippen LogP contribution in [-0.2, 0) is 0 Å². The van der Waals surface area contributed by atoms with Crippen molar-refractivity contribution in [3.8, 4) is 0 Å². The molecule has 0 N–H and O–H groups in total. The summed E-state index contributed by atoms with van der Waals surface area (Å²) < 4.78 is 14.4. The van der Waals surface area contributed by atoms with Gasteiger partial charge >= 0.3 is 0 Å². The second-order valence-corrected chi connectivity index (χ2v) is 9.88. The molecule has 0 aliphatic carbocycles. The smallest absolute Gasteiger partial charge is 0.213 e. The van der Waals surface area contributed by atoms with Crippen molar-refractivity contribution in [2.24, 2.45) is 0 Å². The molecule has 0 saturated carbocycles. The quantitative estimate of drug-likeness (QED) is 0.519. The highest BCUT2D eigenvalue weighted by Gasteiger charge is 2.29. The molecule has 0 aliphatic heterocycles. The Labute approximate surface area is 119 Å². The summed E-state index contributed by atoms with van der Waals surface area (Å²) in [7, 11) is -2.05. The number of para-hydroxylation sites is 1. The first-order chi connectivity index (χ1) is 9.59. The Hall–Kier alpha value is -2.00. The maximum atomic E-state index is 14.4. The van der Waals surface area contributed by atoms with Gasteiger partial charge in [0.15, 0.2) is 0 Å². The predicted molar refractivity (Wildman–Crippen MR) is 84.9 cm³/mol. The standard InChI is InChI=1S/C17H16FNSi/c1-20(2,14-9-4-3-5-10-14)16-12-13-8-6-7-11-15(13)19-17(16)18/h3-12H,1-2H3. The summed E-state index contributed by atoms with van der Waals surface area (Å²) in [6.45, 7) is 4.33. The molecular formula is C17H16FNSi. The summed E-state index contributed by atoms with van der Waals surface area (Å²) in [6.07, 6.45) is 0. The van der Waals surface area contributed by atoms with Gasteiger partial charge in [-0.3, -0.25) is 0 Å². The average molecular weight is 281 g/mol. The van der Waals surface area contributed by atoms with Crippen LogP contribution < -0.4 is 10.4 Å². The van der Waals surface area contributed by atoms with Crippen LogP contribution in [0.2, 0.25) is 13.1 Å². The van der Waals surface area contributed by atoms with Crippen LogP contribution in [0.1, 0.15) is 0 Å². The van der Waals surface area contributed by atoms with Crippen LogP contribution in [0.25, 0.3) is 10.9 Å². The number of hydrogen-bond donors (Lipinski definition) is 0. The van der Waals surface area contributed by atoms with Gasteiger partial charge < -0.3 is 0 Å². The largest absolute Gasteiger partial charge is 0.220 e. The van der Waals surface area contributed by atoms with Crippen LogP contribution in [0.3, 0.4) is 0 Å². The maximum Gasteiger partial charge on any atom is 0.213 e. The van der Waals surface area contributed by atoms with Gasteiger partial charge in [0.25, 0.3) is 0 Å². The summed E-state index contributed by atoms with van der Waals surface area (Å²) in [6, 6.07) is 19.8. The molecule has 0 aliphatic rings. The lowest BCUT2D eigenvalue weighted by atomic mass is 10.2. The normalized spacial score (nSPS) is 11.8. The van der Waals surface area contributed by atoms with E-state index in [2.05, 4.69) is 30.2 Å². The van der Waals surface area contributed by atoms with E-state index < -0.39 is 8.07 Å². The second-order valence-electron chi connectivity index (χ2n) is 5.51. The average Bonchev–Trinajstić information content (AvgIpc) is 2.47. The topological polar surface area (TPSA) is 12.9 Å². The van der Waals surface area contributed by atoms with Crippen LogP contribution in [-0.4, -0.2) is 13.1 Å². The number of aromatic nitrogens is 1. The first-order valence-electron chi connectivity index (χ1n) is 6.70. The fraction of sp³-hybridized carbons (Fsp3) is 0.118. The van der Waals surface area contributed by atoms with Gasteiger partial charge in [0.2, 0.25) is 5.95 Å². The minimum absolute atomic E-state index is 0.329. The SMILES string of the molecule is C[Si](C)(c1ccccc1)c1cc2ccccc2nc1F. The Morgan fingerprint density at radius 1 is 0.900 bits per heavy atom. The highest BCUT2D eigenvalue weighted by atomic mass is 28.3. The van der Waals surface area contributed by atoms with E-state index in [0.717, 1.165) is 10.6 Å². The number of hydrogen-bond acceptors (Lipinski definition) is 1. The molecule has 0 spiro atoms. The molecule has 0 atom stereocenters. The summed E-state index contributed by atoms with van der Waals surface area (Å²) in [5.74, 6) is -0.329. The third-order valence-corrected chi connectivity index (χ3v) is 7.32. The number of fused-ring (bicyclic) bond motifs is 1. The van der Waals surface area contributed by atoms with Gasteiger partial charge in [-0.25, -0.2) is 4.98 Å². The van der Waals surface area contributed by atoms with Crippen molar-refractivity contribution in [2.45, 2.75) is 13.1 Å². The number of rotatable bonds is 2. The number of benzene rings is 2. The molecule has 0 bridgehead atoms. The molecule has 0 saturated heterocycles. The summed E-state index contributed by atoms with van der Waals surface area (Å²) in [5.41, 5.74) is 0.714. The fourth-order valence-corrected chi connectivity index (χ4v) is 4.97. The van der Waals surface area contributed by atoms with Crippen LogP contribution in [0.4, 0.5) is 4.39 Å². The van der Waals surface area contributed by atoms with Crippen molar-refractivity contribution in [3.05, 3.63) is 66.6 Å². The molecule has 1 heterocycles. The van der Waals surface area contributed by atoms with Crippen LogP contribution >= 0.6 is 0 Å². The molecule has 20 heavy (non-hydrogen) atoms. The molecule has 100 valence electrons. The number of halogens is 1. The van der Waals surface area contributed by atoms with E-state index in [-0.39, 0.29) is 5.95 Å². The van der Waals surface area contributed by atoms with E-state index in [9.17, 15) is 4.39 Å². The van der Waals surface area contributed by atoms with Gasteiger partial charge in [-0.2, -0.15) is 4.39 Å². The summed E-state index contributed by atoms with van der Waals surface area (Å²) in [4.78, 5) is 4.14. The van der Waals surface area contributed by atoms with Crippen molar-refractivity contribution in [1.29, 1.82) is 0 Å². The maximum absolute atomic E-state index is 14.4. The van der Waals surface area contributed by atoms with Crippen LogP contribution in [0.5, 0.6) is 0 Å². The molecule has 0 amide bonds. The lowest BCUT2D eigenvalue weighted by Crippen LogP contribution is -2.54. The van der Waals surface area contributed by atoms with E-state index in [4.69, 9.17) is 0 Å². The van der Waals surface area contributed by atoms with Crippen molar-refractivity contribution in [3.63, 3.8) is 0 Å². The van der Waals surface area contributed by atoms with Gasteiger partial charge in [-0.15, -0.1) is 0 Å². The molecule has 1 aromatic heterocycles. The third-order valence-electron chi connectivity index (χ3n) is 3.85. The summed E-state index contributed by atoms with van der Waals surface area (Å²) >= 11 is 0. The zero-order valence-corrected chi connectivity index (χ0v) is 12.6. The van der Waals surface area contributed by atoms with Crippen molar-refractivity contribution >= 4 is 29.4 Å². The van der Waals surface area contributed by atoms with Gasteiger partial charge in [0, 0.05) is 5.39 Å². The molecule has 0 radical (unpaired) electrons. The Bertz CT molecular complexity index is 753. The Morgan fingerprint density at radius 2 is 1.55 bits per heavy atom. The van der Waals surface area contributed by atoms with E-state index in [1.807, 2.05) is 48.5 Å². The van der Waals surface area contributed by atoms with Crippen molar-refractivity contribution in [2.75, 3.05) is 0 Å². The van der Waals surface area contributed by atoms with Crippen molar-refractivity contribution in [1.82, 2.24) is 4.98 Å². The lowest BCUT2D eigenvalue weighted by molar-refractivity contribution is 0.597. The summed E-state index contributed by atoms with van der Waals surface area (Å²) in [5, 5.41) is 2.98.